The molecule has 0 spiro atoms. The van der Waals surface area contributed by atoms with Gasteiger partial charge in [0.2, 0.25) is 0 Å². The van der Waals surface area contributed by atoms with Gasteiger partial charge in [-0.1, -0.05) is 6.07 Å². The SMILES string of the molecule is OCCC1CCCN(c2cccc(F)c2CO)C1. The Labute approximate surface area is 107 Å². The second-order valence-corrected chi connectivity index (χ2v) is 4.86. The highest BCUT2D eigenvalue weighted by Gasteiger charge is 2.22. The molecule has 0 bridgehead atoms. The van der Waals surface area contributed by atoms with E-state index in [1.807, 2.05) is 6.07 Å². The summed E-state index contributed by atoms with van der Waals surface area (Å²) in [5.74, 6) is 0.109. The molecular formula is C14H20FNO2. The van der Waals surface area contributed by atoms with E-state index in [4.69, 9.17) is 5.11 Å². The van der Waals surface area contributed by atoms with Crippen molar-refractivity contribution >= 4 is 5.69 Å². The summed E-state index contributed by atoms with van der Waals surface area (Å²) in [5, 5.41) is 18.3. The van der Waals surface area contributed by atoms with Crippen LogP contribution in [0.2, 0.25) is 0 Å². The topological polar surface area (TPSA) is 43.7 Å². The number of hydrogen-bond donors (Lipinski definition) is 2. The van der Waals surface area contributed by atoms with E-state index in [9.17, 15) is 9.50 Å². The van der Waals surface area contributed by atoms with Gasteiger partial charge in [-0.25, -0.2) is 4.39 Å². The van der Waals surface area contributed by atoms with Crippen LogP contribution in [0.1, 0.15) is 24.8 Å². The molecule has 1 unspecified atom stereocenters. The molecule has 1 fully saturated rings. The number of aliphatic hydroxyl groups excluding tert-OH is 2. The summed E-state index contributed by atoms with van der Waals surface area (Å²) >= 11 is 0. The van der Waals surface area contributed by atoms with Gasteiger partial charge in [-0.2, -0.15) is 0 Å². The van der Waals surface area contributed by atoms with Gasteiger partial charge in [0.1, 0.15) is 5.82 Å². The van der Waals surface area contributed by atoms with Gasteiger partial charge >= 0.3 is 0 Å². The van der Waals surface area contributed by atoms with Crippen molar-refractivity contribution in [1.29, 1.82) is 0 Å². The zero-order chi connectivity index (χ0) is 13.0. The van der Waals surface area contributed by atoms with E-state index in [-0.39, 0.29) is 19.0 Å². The first-order valence-electron chi connectivity index (χ1n) is 6.50. The first-order chi connectivity index (χ1) is 8.76. The molecule has 0 aromatic heterocycles. The van der Waals surface area contributed by atoms with Crippen LogP contribution in [0.15, 0.2) is 18.2 Å². The molecule has 3 nitrogen and oxygen atoms in total. The van der Waals surface area contributed by atoms with Crippen molar-refractivity contribution < 1.29 is 14.6 Å². The van der Waals surface area contributed by atoms with Crippen LogP contribution in [0.5, 0.6) is 0 Å². The Hall–Kier alpha value is -1.13. The lowest BCUT2D eigenvalue weighted by atomic mass is 9.94. The minimum absolute atomic E-state index is 0.203. The van der Waals surface area contributed by atoms with Gasteiger partial charge < -0.3 is 15.1 Å². The molecule has 1 atom stereocenters. The van der Waals surface area contributed by atoms with Crippen LogP contribution >= 0.6 is 0 Å². The Bertz CT molecular complexity index is 395. The maximum atomic E-state index is 13.6. The molecule has 0 aliphatic carbocycles. The van der Waals surface area contributed by atoms with Crippen molar-refractivity contribution in [2.24, 2.45) is 5.92 Å². The van der Waals surface area contributed by atoms with Gasteiger partial charge in [-0.05, 0) is 37.3 Å². The number of aliphatic hydroxyl groups is 2. The Morgan fingerprint density at radius 2 is 2.17 bits per heavy atom. The fraction of sp³-hybridized carbons (Fsp3) is 0.571. The van der Waals surface area contributed by atoms with Crippen molar-refractivity contribution in [1.82, 2.24) is 0 Å². The summed E-state index contributed by atoms with van der Waals surface area (Å²) in [7, 11) is 0. The lowest BCUT2D eigenvalue weighted by Crippen LogP contribution is -2.36. The third-order valence-electron chi connectivity index (χ3n) is 3.65. The lowest BCUT2D eigenvalue weighted by Gasteiger charge is -2.35. The number of piperidine rings is 1. The number of hydrogen-bond acceptors (Lipinski definition) is 3. The highest BCUT2D eigenvalue weighted by atomic mass is 19.1. The second-order valence-electron chi connectivity index (χ2n) is 4.86. The van der Waals surface area contributed by atoms with Crippen LogP contribution in [0, 0.1) is 11.7 Å². The number of anilines is 1. The maximum absolute atomic E-state index is 13.6. The Morgan fingerprint density at radius 3 is 2.89 bits per heavy atom. The predicted molar refractivity (Wildman–Crippen MR) is 69.0 cm³/mol. The van der Waals surface area contributed by atoms with E-state index in [1.165, 1.54) is 6.07 Å². The quantitative estimate of drug-likeness (QED) is 0.861. The third kappa shape index (κ3) is 2.82. The Morgan fingerprint density at radius 1 is 1.33 bits per heavy atom. The summed E-state index contributed by atoms with van der Waals surface area (Å²) in [6.07, 6.45) is 2.95. The highest BCUT2D eigenvalue weighted by molar-refractivity contribution is 5.54. The van der Waals surface area contributed by atoms with E-state index < -0.39 is 0 Å². The van der Waals surface area contributed by atoms with Crippen molar-refractivity contribution in [3.63, 3.8) is 0 Å². The number of benzene rings is 1. The molecule has 2 N–H and O–H groups in total. The van der Waals surface area contributed by atoms with Gasteiger partial charge in [-0.3, -0.25) is 0 Å². The monoisotopic (exact) mass is 253 g/mol. The molecule has 1 aliphatic heterocycles. The molecule has 4 heteroatoms. The Balaban J connectivity index is 2.18. The van der Waals surface area contributed by atoms with Gasteiger partial charge in [0.25, 0.3) is 0 Å². The van der Waals surface area contributed by atoms with Crippen LogP contribution in [-0.4, -0.2) is 29.9 Å². The standard InChI is InChI=1S/C14H20FNO2/c15-13-4-1-5-14(12(13)10-18)16-7-2-3-11(9-16)6-8-17/h1,4-5,11,17-18H,2-3,6-10H2. The summed E-state index contributed by atoms with van der Waals surface area (Å²) in [6, 6.07) is 4.92. The molecule has 0 saturated carbocycles. The van der Waals surface area contributed by atoms with Gasteiger partial charge in [0, 0.05) is 30.9 Å². The molecule has 0 radical (unpaired) electrons. The first-order valence-corrected chi connectivity index (χ1v) is 6.50. The van der Waals surface area contributed by atoms with E-state index in [0.717, 1.165) is 38.0 Å². The number of halogens is 1. The third-order valence-corrected chi connectivity index (χ3v) is 3.65. The lowest BCUT2D eigenvalue weighted by molar-refractivity contribution is 0.243. The van der Waals surface area contributed by atoms with Gasteiger partial charge in [0.05, 0.1) is 6.61 Å². The van der Waals surface area contributed by atoms with Crippen molar-refractivity contribution in [2.45, 2.75) is 25.9 Å². The van der Waals surface area contributed by atoms with Crippen LogP contribution in [-0.2, 0) is 6.61 Å². The molecule has 1 aliphatic rings. The van der Waals surface area contributed by atoms with Gasteiger partial charge in [-0.15, -0.1) is 0 Å². The zero-order valence-electron chi connectivity index (χ0n) is 10.5. The predicted octanol–water partition coefficient (Wildman–Crippen LogP) is 1.92. The molecule has 1 aromatic rings. The van der Waals surface area contributed by atoms with Crippen LogP contribution < -0.4 is 4.90 Å². The minimum atomic E-state index is -0.348. The normalized spacial score (nSPS) is 20.2. The average molecular weight is 253 g/mol. The molecule has 1 saturated heterocycles. The molecular weight excluding hydrogens is 233 g/mol. The van der Waals surface area contributed by atoms with Crippen LogP contribution in [0.4, 0.5) is 10.1 Å². The largest absolute Gasteiger partial charge is 0.396 e. The van der Waals surface area contributed by atoms with Crippen molar-refractivity contribution in [3.05, 3.63) is 29.6 Å². The minimum Gasteiger partial charge on any atom is -0.396 e. The van der Waals surface area contributed by atoms with Crippen molar-refractivity contribution in [2.75, 3.05) is 24.6 Å². The van der Waals surface area contributed by atoms with E-state index >= 15 is 0 Å². The average Bonchev–Trinajstić information content (AvgIpc) is 2.39. The fourth-order valence-electron chi connectivity index (χ4n) is 2.70. The fourth-order valence-corrected chi connectivity index (χ4v) is 2.70. The highest BCUT2D eigenvalue weighted by Crippen LogP contribution is 2.29. The first kappa shape index (κ1) is 13.3. The van der Waals surface area contributed by atoms with E-state index in [1.54, 1.807) is 6.07 Å². The Kier molecular flexibility index (Phi) is 4.55. The smallest absolute Gasteiger partial charge is 0.130 e. The summed E-state index contributed by atoms with van der Waals surface area (Å²) in [6.45, 7) is 1.65. The summed E-state index contributed by atoms with van der Waals surface area (Å²) < 4.78 is 13.6. The maximum Gasteiger partial charge on any atom is 0.130 e. The summed E-state index contributed by atoms with van der Waals surface area (Å²) in [5.41, 5.74) is 1.17. The molecule has 100 valence electrons. The van der Waals surface area contributed by atoms with E-state index in [2.05, 4.69) is 4.90 Å². The molecule has 0 amide bonds. The second kappa shape index (κ2) is 6.16. The van der Waals surface area contributed by atoms with Crippen LogP contribution in [0.25, 0.3) is 0 Å². The van der Waals surface area contributed by atoms with Gasteiger partial charge in [0.15, 0.2) is 0 Å². The molecule has 18 heavy (non-hydrogen) atoms. The van der Waals surface area contributed by atoms with E-state index in [0.29, 0.717) is 11.5 Å². The van der Waals surface area contributed by atoms with Crippen LogP contribution in [0.3, 0.4) is 0 Å². The summed E-state index contributed by atoms with van der Waals surface area (Å²) in [4.78, 5) is 2.12. The number of rotatable bonds is 4. The number of nitrogens with zero attached hydrogens (tertiary/aromatic N) is 1. The molecule has 1 aromatic carbocycles. The molecule has 2 rings (SSSR count). The molecule has 1 heterocycles. The zero-order valence-corrected chi connectivity index (χ0v) is 10.5. The van der Waals surface area contributed by atoms with Crippen molar-refractivity contribution in [3.8, 4) is 0 Å².